The van der Waals surface area contributed by atoms with E-state index in [4.69, 9.17) is 4.42 Å². The van der Waals surface area contributed by atoms with Crippen LogP contribution in [0.3, 0.4) is 0 Å². The third-order valence-corrected chi connectivity index (χ3v) is 6.71. The number of anilines is 2. The summed E-state index contributed by atoms with van der Waals surface area (Å²) in [6.07, 6.45) is 3.09. The van der Waals surface area contributed by atoms with Gasteiger partial charge in [-0.3, -0.25) is 19.6 Å². The van der Waals surface area contributed by atoms with Crippen molar-refractivity contribution in [2.75, 3.05) is 5.32 Å². The molecule has 9 heteroatoms. The summed E-state index contributed by atoms with van der Waals surface area (Å²) in [4.78, 5) is 25.7. The Hall–Kier alpha value is -4.11. The lowest BCUT2D eigenvalue weighted by molar-refractivity contribution is -0.386. The molecule has 0 fully saturated rings. The van der Waals surface area contributed by atoms with Crippen molar-refractivity contribution in [1.29, 1.82) is 0 Å². The van der Waals surface area contributed by atoms with Crippen LogP contribution in [0.1, 0.15) is 33.3 Å². The van der Waals surface area contributed by atoms with Crippen molar-refractivity contribution in [2.24, 2.45) is 0 Å². The zero-order chi connectivity index (χ0) is 23.8. The van der Waals surface area contributed by atoms with Gasteiger partial charge in [0.2, 0.25) is 0 Å². The molecule has 2 aromatic carbocycles. The van der Waals surface area contributed by atoms with Crippen LogP contribution >= 0.6 is 11.8 Å². The lowest BCUT2D eigenvalue weighted by Gasteiger charge is -2.20. The van der Waals surface area contributed by atoms with Crippen LogP contribution in [0, 0.1) is 24.0 Å². The van der Waals surface area contributed by atoms with E-state index in [2.05, 4.69) is 16.5 Å². The van der Waals surface area contributed by atoms with Gasteiger partial charge in [0.1, 0.15) is 22.9 Å². The summed E-state index contributed by atoms with van der Waals surface area (Å²) in [5.41, 5.74) is 3.34. The number of hydrogen-bond acceptors (Lipinski definition) is 7. The minimum Gasteiger partial charge on any atom is -0.460 e. The second kappa shape index (κ2) is 8.68. The molecule has 0 amide bonds. The predicted octanol–water partition coefficient (Wildman–Crippen LogP) is 6.15. The number of nitrogens with zero attached hydrogens (tertiary/aromatic N) is 3. The third-order valence-electron chi connectivity index (χ3n) is 5.55. The molecule has 0 spiro atoms. The smallest absolute Gasteiger partial charge is 0.312 e. The first-order chi connectivity index (χ1) is 16.4. The molecule has 5 rings (SSSR count). The normalized spacial score (nSPS) is 12.3. The number of aromatic nitrogens is 2. The molecule has 2 aromatic heterocycles. The van der Waals surface area contributed by atoms with E-state index in [0.717, 1.165) is 21.2 Å². The molecule has 1 N–H and O–H groups in total. The average Bonchev–Trinajstić information content (AvgIpc) is 3.38. The standard InChI is InChI=1S/C25H20N4O4S/c1-15-25(29(31)32)16(2)28(27-15)14-19-9-8-18(33-19)10-11-22(30)17-7-12-24-21(13-17)26-20-5-3-4-6-23(20)34-24/h3-13,26H,14H2,1-2H3/b11-10+. The number of furan rings is 1. The van der Waals surface area contributed by atoms with Crippen molar-refractivity contribution in [2.45, 2.75) is 30.2 Å². The first-order valence-corrected chi connectivity index (χ1v) is 11.4. The Morgan fingerprint density at radius 1 is 1.15 bits per heavy atom. The number of fused-ring (bicyclic) bond motifs is 2. The maximum atomic E-state index is 12.8. The number of carbonyl (C=O) groups is 1. The lowest BCUT2D eigenvalue weighted by atomic mass is 10.1. The number of rotatable bonds is 6. The zero-order valence-corrected chi connectivity index (χ0v) is 19.3. The van der Waals surface area contributed by atoms with E-state index < -0.39 is 4.92 Å². The van der Waals surface area contributed by atoms with E-state index in [1.807, 2.05) is 36.4 Å². The van der Waals surface area contributed by atoms with Gasteiger partial charge in [-0.2, -0.15) is 5.10 Å². The molecule has 0 unspecified atom stereocenters. The largest absolute Gasteiger partial charge is 0.460 e. The number of benzene rings is 2. The van der Waals surface area contributed by atoms with Crippen LogP contribution in [0.25, 0.3) is 6.08 Å². The van der Waals surface area contributed by atoms with Crippen LogP contribution in [0.2, 0.25) is 0 Å². The van der Waals surface area contributed by atoms with Gasteiger partial charge in [-0.15, -0.1) is 0 Å². The van der Waals surface area contributed by atoms with Gasteiger partial charge in [0.05, 0.1) is 22.8 Å². The molecule has 8 nitrogen and oxygen atoms in total. The molecule has 1 aliphatic heterocycles. The van der Waals surface area contributed by atoms with Crippen LogP contribution in [-0.4, -0.2) is 20.5 Å². The molecule has 1 aliphatic rings. The van der Waals surface area contributed by atoms with Gasteiger partial charge in [-0.25, -0.2) is 0 Å². The van der Waals surface area contributed by atoms with Crippen LogP contribution in [-0.2, 0) is 6.54 Å². The van der Waals surface area contributed by atoms with Crippen molar-refractivity contribution in [3.05, 3.63) is 99.3 Å². The zero-order valence-electron chi connectivity index (χ0n) is 18.4. The van der Waals surface area contributed by atoms with Crippen molar-refractivity contribution in [3.63, 3.8) is 0 Å². The predicted molar refractivity (Wildman–Crippen MR) is 130 cm³/mol. The summed E-state index contributed by atoms with van der Waals surface area (Å²) >= 11 is 1.67. The SMILES string of the molecule is Cc1nn(Cc2ccc(/C=C/C(=O)c3ccc4c(c3)Nc3ccccc3S4)o2)c(C)c1[N+](=O)[O-]. The summed E-state index contributed by atoms with van der Waals surface area (Å²) in [6, 6.07) is 17.2. The van der Waals surface area contributed by atoms with E-state index >= 15 is 0 Å². The van der Waals surface area contributed by atoms with Gasteiger partial charge in [-0.1, -0.05) is 23.9 Å². The van der Waals surface area contributed by atoms with E-state index in [1.54, 1.807) is 48.5 Å². The Labute approximate surface area is 199 Å². The number of hydrogen-bond donors (Lipinski definition) is 1. The van der Waals surface area contributed by atoms with Gasteiger partial charge < -0.3 is 9.73 Å². The Bertz CT molecular complexity index is 1470. The van der Waals surface area contributed by atoms with Gasteiger partial charge in [0.15, 0.2) is 5.78 Å². The fourth-order valence-electron chi connectivity index (χ4n) is 3.87. The van der Waals surface area contributed by atoms with Crippen molar-refractivity contribution in [1.82, 2.24) is 9.78 Å². The summed E-state index contributed by atoms with van der Waals surface area (Å²) in [6.45, 7) is 3.53. The van der Waals surface area contributed by atoms with E-state index in [0.29, 0.717) is 28.5 Å². The lowest BCUT2D eigenvalue weighted by Crippen LogP contribution is -2.03. The summed E-state index contributed by atoms with van der Waals surface area (Å²) in [5, 5.41) is 18.8. The number of nitrogens with one attached hydrogen (secondary N) is 1. The summed E-state index contributed by atoms with van der Waals surface area (Å²) < 4.78 is 7.33. The highest BCUT2D eigenvalue weighted by molar-refractivity contribution is 7.99. The molecule has 170 valence electrons. The Kier molecular flexibility index (Phi) is 5.54. The minimum atomic E-state index is -0.427. The second-order valence-corrected chi connectivity index (χ2v) is 8.95. The van der Waals surface area contributed by atoms with E-state index in [9.17, 15) is 14.9 Å². The molecule has 3 heterocycles. The van der Waals surface area contributed by atoms with Gasteiger partial charge >= 0.3 is 5.69 Å². The topological polar surface area (TPSA) is 103 Å². The van der Waals surface area contributed by atoms with Crippen LogP contribution in [0.15, 0.2) is 74.9 Å². The number of carbonyl (C=O) groups excluding carboxylic acids is 1. The maximum absolute atomic E-state index is 12.8. The average molecular weight is 473 g/mol. The third kappa shape index (κ3) is 4.13. The van der Waals surface area contributed by atoms with Crippen LogP contribution in [0.4, 0.5) is 17.1 Å². The highest BCUT2D eigenvalue weighted by Gasteiger charge is 2.22. The van der Waals surface area contributed by atoms with Crippen LogP contribution < -0.4 is 5.32 Å². The second-order valence-electron chi connectivity index (χ2n) is 7.87. The first-order valence-electron chi connectivity index (χ1n) is 10.6. The summed E-state index contributed by atoms with van der Waals surface area (Å²) in [5.74, 6) is 0.960. The fourth-order valence-corrected chi connectivity index (χ4v) is 4.84. The molecule has 0 saturated carbocycles. The molecule has 0 atom stereocenters. The summed E-state index contributed by atoms with van der Waals surface area (Å²) in [7, 11) is 0. The molecular formula is C25H20N4O4S. The van der Waals surface area contributed by atoms with Gasteiger partial charge in [-0.05, 0) is 68.5 Å². The minimum absolute atomic E-state index is 0.0127. The molecule has 0 bridgehead atoms. The van der Waals surface area contributed by atoms with Gasteiger partial charge in [0.25, 0.3) is 0 Å². The van der Waals surface area contributed by atoms with E-state index in [-0.39, 0.29) is 18.0 Å². The number of ketones is 1. The number of nitro groups is 1. The maximum Gasteiger partial charge on any atom is 0.312 e. The Morgan fingerprint density at radius 3 is 2.74 bits per heavy atom. The van der Waals surface area contributed by atoms with Crippen LogP contribution in [0.5, 0.6) is 0 Å². The Morgan fingerprint density at radius 2 is 1.94 bits per heavy atom. The van der Waals surface area contributed by atoms with Crippen molar-refractivity contribution >= 4 is 40.7 Å². The number of aryl methyl sites for hydroxylation is 1. The highest BCUT2D eigenvalue weighted by atomic mass is 32.2. The first kappa shape index (κ1) is 21.7. The molecule has 4 aromatic rings. The van der Waals surface area contributed by atoms with Crippen molar-refractivity contribution in [3.8, 4) is 0 Å². The number of para-hydroxylation sites is 1. The molecule has 0 aliphatic carbocycles. The molecule has 34 heavy (non-hydrogen) atoms. The fraction of sp³-hybridized carbons (Fsp3) is 0.120. The molecule has 0 radical (unpaired) electrons. The monoisotopic (exact) mass is 472 g/mol. The van der Waals surface area contributed by atoms with Gasteiger partial charge in [0, 0.05) is 15.4 Å². The number of allylic oxidation sites excluding steroid dienone is 1. The van der Waals surface area contributed by atoms with E-state index in [1.165, 1.54) is 6.08 Å². The van der Waals surface area contributed by atoms with Crippen molar-refractivity contribution < 1.29 is 14.1 Å². The highest BCUT2D eigenvalue weighted by Crippen LogP contribution is 2.44. The molecular weight excluding hydrogens is 452 g/mol. The molecule has 0 saturated heterocycles. The quantitative estimate of drug-likeness (QED) is 0.137. The Balaban J connectivity index is 1.28.